The van der Waals surface area contributed by atoms with Crippen LogP contribution in [0, 0.1) is 0 Å². The number of amides is 1. The van der Waals surface area contributed by atoms with E-state index in [-0.39, 0.29) is 18.1 Å². The fourth-order valence-electron chi connectivity index (χ4n) is 2.34. The molecule has 11 heteroatoms. The second-order valence-electron chi connectivity index (χ2n) is 5.75. The predicted octanol–water partition coefficient (Wildman–Crippen LogP) is 2.04. The molecule has 0 bridgehead atoms. The van der Waals surface area contributed by atoms with Crippen molar-refractivity contribution in [2.75, 3.05) is 5.73 Å². The minimum atomic E-state index is -4.78. The number of carbonyl (C=O) groups is 1. The van der Waals surface area contributed by atoms with E-state index in [4.69, 9.17) is 5.73 Å². The van der Waals surface area contributed by atoms with Crippen molar-refractivity contribution in [1.29, 1.82) is 0 Å². The molecule has 29 heavy (non-hydrogen) atoms. The van der Waals surface area contributed by atoms with Gasteiger partial charge in [0.15, 0.2) is 5.82 Å². The molecule has 0 aliphatic rings. The number of rotatable bonds is 5. The average Bonchev–Trinajstić information content (AvgIpc) is 2.68. The van der Waals surface area contributed by atoms with E-state index in [1.165, 1.54) is 12.1 Å². The summed E-state index contributed by atoms with van der Waals surface area (Å²) in [5, 5.41) is 6.44. The van der Waals surface area contributed by atoms with E-state index in [2.05, 4.69) is 20.1 Å². The van der Waals surface area contributed by atoms with Gasteiger partial charge in [-0.15, -0.1) is 18.3 Å². The van der Waals surface area contributed by atoms with Crippen molar-refractivity contribution >= 4 is 11.7 Å². The van der Waals surface area contributed by atoms with Crippen LogP contribution in [0.1, 0.15) is 16.2 Å². The Labute approximate surface area is 161 Å². The van der Waals surface area contributed by atoms with Crippen LogP contribution >= 0.6 is 0 Å². The number of hydrogen-bond donors (Lipinski definition) is 2. The number of carbonyl (C=O) groups excluding carboxylic acids is 1. The zero-order valence-electron chi connectivity index (χ0n) is 14.7. The van der Waals surface area contributed by atoms with Gasteiger partial charge in [0.05, 0.1) is 5.69 Å². The number of para-hydroxylation sites is 1. The lowest BCUT2D eigenvalue weighted by molar-refractivity contribution is -0.274. The number of aromatic nitrogens is 3. The lowest BCUT2D eigenvalue weighted by Crippen LogP contribution is -2.32. The lowest BCUT2D eigenvalue weighted by atomic mass is 10.2. The van der Waals surface area contributed by atoms with Crippen LogP contribution in [-0.4, -0.2) is 27.0 Å². The Bertz CT molecular complexity index is 1070. The van der Waals surface area contributed by atoms with E-state index in [0.29, 0.717) is 11.3 Å². The van der Waals surface area contributed by atoms with E-state index in [1.807, 2.05) is 0 Å². The summed E-state index contributed by atoms with van der Waals surface area (Å²) in [4.78, 5) is 28.2. The molecule has 0 spiro atoms. The van der Waals surface area contributed by atoms with Crippen LogP contribution in [-0.2, 0) is 6.54 Å². The van der Waals surface area contributed by atoms with Crippen molar-refractivity contribution in [3.05, 3.63) is 76.3 Å². The third kappa shape index (κ3) is 5.09. The minimum absolute atomic E-state index is 0.0150. The summed E-state index contributed by atoms with van der Waals surface area (Å²) in [7, 11) is 0. The molecule has 1 amide bonds. The Morgan fingerprint density at radius 2 is 1.76 bits per heavy atom. The minimum Gasteiger partial charge on any atom is -0.406 e. The zero-order valence-corrected chi connectivity index (χ0v) is 14.7. The topological polar surface area (TPSA) is 112 Å². The van der Waals surface area contributed by atoms with Gasteiger partial charge in [-0.2, -0.15) is 9.67 Å². The van der Waals surface area contributed by atoms with Gasteiger partial charge < -0.3 is 15.8 Å². The number of halogens is 3. The third-order valence-electron chi connectivity index (χ3n) is 3.65. The first-order valence-corrected chi connectivity index (χ1v) is 8.18. The van der Waals surface area contributed by atoms with Gasteiger partial charge in [-0.1, -0.05) is 30.3 Å². The zero-order chi connectivity index (χ0) is 21.0. The van der Waals surface area contributed by atoms with E-state index in [1.54, 1.807) is 30.3 Å². The molecule has 0 fully saturated rings. The highest BCUT2D eigenvalue weighted by molar-refractivity contribution is 5.90. The number of nitrogens with two attached hydrogens (primary N) is 1. The maximum atomic E-state index is 12.3. The lowest BCUT2D eigenvalue weighted by Gasteiger charge is -2.10. The Kier molecular flexibility index (Phi) is 5.48. The molecule has 0 saturated carbocycles. The SMILES string of the molecule is Nc1nc(C(=O)NCc2ccc(OC(F)(F)F)cc2)nn(-c2ccccc2)c1=O. The molecule has 1 aromatic heterocycles. The van der Waals surface area contributed by atoms with E-state index in [9.17, 15) is 22.8 Å². The smallest absolute Gasteiger partial charge is 0.406 e. The molecule has 3 rings (SSSR count). The quantitative estimate of drug-likeness (QED) is 0.672. The van der Waals surface area contributed by atoms with Gasteiger partial charge in [0.2, 0.25) is 5.82 Å². The van der Waals surface area contributed by atoms with Crippen molar-refractivity contribution in [1.82, 2.24) is 20.1 Å². The Morgan fingerprint density at radius 1 is 1.10 bits per heavy atom. The first-order chi connectivity index (χ1) is 13.7. The average molecular weight is 405 g/mol. The van der Waals surface area contributed by atoms with Crippen LogP contribution in [0.4, 0.5) is 19.0 Å². The highest BCUT2D eigenvalue weighted by atomic mass is 19.4. The van der Waals surface area contributed by atoms with Crippen LogP contribution in [0.5, 0.6) is 5.75 Å². The molecular weight excluding hydrogens is 391 g/mol. The number of ether oxygens (including phenoxy) is 1. The summed E-state index contributed by atoms with van der Waals surface area (Å²) in [6, 6.07) is 13.3. The molecule has 2 aromatic carbocycles. The Balaban J connectivity index is 1.73. The molecule has 0 saturated heterocycles. The molecule has 0 aliphatic carbocycles. The first kappa shape index (κ1) is 19.9. The Morgan fingerprint density at radius 3 is 2.38 bits per heavy atom. The number of nitrogen functional groups attached to an aromatic ring is 1. The molecule has 150 valence electrons. The maximum Gasteiger partial charge on any atom is 0.573 e. The van der Waals surface area contributed by atoms with Gasteiger partial charge in [0.1, 0.15) is 5.75 Å². The molecule has 0 atom stereocenters. The molecule has 0 radical (unpaired) electrons. The second-order valence-corrected chi connectivity index (χ2v) is 5.75. The van der Waals surface area contributed by atoms with E-state index < -0.39 is 23.6 Å². The number of alkyl halides is 3. The predicted molar refractivity (Wildman–Crippen MR) is 96.3 cm³/mol. The number of anilines is 1. The van der Waals surface area contributed by atoms with Gasteiger partial charge in [-0.25, -0.2) is 0 Å². The van der Waals surface area contributed by atoms with Gasteiger partial charge in [0, 0.05) is 6.54 Å². The van der Waals surface area contributed by atoms with Gasteiger partial charge in [-0.05, 0) is 29.8 Å². The summed E-state index contributed by atoms with van der Waals surface area (Å²) in [6.45, 7) is -0.0150. The number of nitrogens with one attached hydrogen (secondary N) is 1. The summed E-state index contributed by atoms with van der Waals surface area (Å²) < 4.78 is 41.3. The van der Waals surface area contributed by atoms with Crippen LogP contribution in [0.15, 0.2) is 59.4 Å². The summed E-state index contributed by atoms with van der Waals surface area (Å²) in [5.74, 6) is -1.82. The van der Waals surface area contributed by atoms with Gasteiger partial charge >= 0.3 is 11.9 Å². The number of nitrogens with zero attached hydrogens (tertiary/aromatic N) is 3. The van der Waals surface area contributed by atoms with E-state index >= 15 is 0 Å². The molecule has 3 aromatic rings. The summed E-state index contributed by atoms with van der Waals surface area (Å²) in [5.41, 5.74) is 5.84. The summed E-state index contributed by atoms with van der Waals surface area (Å²) >= 11 is 0. The molecule has 3 N–H and O–H groups in total. The maximum absolute atomic E-state index is 12.3. The largest absolute Gasteiger partial charge is 0.573 e. The second kappa shape index (κ2) is 8.00. The fraction of sp³-hybridized carbons (Fsp3) is 0.111. The van der Waals surface area contributed by atoms with Crippen LogP contribution in [0.3, 0.4) is 0 Å². The monoisotopic (exact) mass is 405 g/mol. The van der Waals surface area contributed by atoms with Crippen molar-refractivity contribution in [3.63, 3.8) is 0 Å². The Hall–Kier alpha value is -3.89. The molecular formula is C18H14F3N5O3. The van der Waals surface area contributed by atoms with Crippen molar-refractivity contribution in [3.8, 4) is 11.4 Å². The normalized spacial score (nSPS) is 11.1. The van der Waals surface area contributed by atoms with Crippen molar-refractivity contribution < 1.29 is 22.7 Å². The molecule has 0 unspecified atom stereocenters. The summed E-state index contributed by atoms with van der Waals surface area (Å²) in [6.07, 6.45) is -4.78. The number of hydrogen-bond acceptors (Lipinski definition) is 6. The third-order valence-corrected chi connectivity index (χ3v) is 3.65. The standard InChI is InChI=1S/C18H14F3N5O3/c19-18(20,21)29-13-8-6-11(7-9-13)10-23-16(27)15-24-14(22)17(28)26(25-15)12-4-2-1-3-5-12/h1-9H,10H2,(H,23,27)(H2,22,24,25). The van der Waals surface area contributed by atoms with Crippen molar-refractivity contribution in [2.24, 2.45) is 0 Å². The van der Waals surface area contributed by atoms with Crippen molar-refractivity contribution in [2.45, 2.75) is 12.9 Å². The highest BCUT2D eigenvalue weighted by Gasteiger charge is 2.30. The van der Waals surface area contributed by atoms with Gasteiger partial charge in [0.25, 0.3) is 5.91 Å². The molecule has 0 aliphatic heterocycles. The van der Waals surface area contributed by atoms with Crippen LogP contribution in [0.2, 0.25) is 0 Å². The first-order valence-electron chi connectivity index (χ1n) is 8.18. The van der Waals surface area contributed by atoms with Crippen LogP contribution < -0.4 is 21.3 Å². The van der Waals surface area contributed by atoms with Gasteiger partial charge in [-0.3, -0.25) is 9.59 Å². The van der Waals surface area contributed by atoms with Crippen LogP contribution in [0.25, 0.3) is 5.69 Å². The molecule has 1 heterocycles. The fourth-order valence-corrected chi connectivity index (χ4v) is 2.34. The number of benzene rings is 2. The van der Waals surface area contributed by atoms with E-state index in [0.717, 1.165) is 16.8 Å². The molecule has 8 nitrogen and oxygen atoms in total. The highest BCUT2D eigenvalue weighted by Crippen LogP contribution is 2.22.